The lowest BCUT2D eigenvalue weighted by Gasteiger charge is -2.28. The predicted octanol–water partition coefficient (Wildman–Crippen LogP) is 5.99. The van der Waals surface area contributed by atoms with E-state index >= 15 is 0 Å². The first-order valence-corrected chi connectivity index (χ1v) is 16.6. The normalized spacial score (nSPS) is 16.5. The molecule has 3 amide bonds. The number of aromatic nitrogens is 1. The Labute approximate surface area is 262 Å². The molecule has 0 radical (unpaired) electrons. The number of para-hydroxylation sites is 1. The zero-order valence-electron chi connectivity index (χ0n) is 26.5. The number of aliphatic hydroxyl groups is 1. The van der Waals surface area contributed by atoms with Crippen molar-refractivity contribution in [1.82, 2.24) is 15.2 Å². The van der Waals surface area contributed by atoms with Crippen LogP contribution in [0.2, 0.25) is 0 Å². The van der Waals surface area contributed by atoms with Crippen LogP contribution in [0.4, 0.5) is 5.69 Å². The molecule has 3 aromatic rings. The highest BCUT2D eigenvalue weighted by Gasteiger charge is 2.28. The summed E-state index contributed by atoms with van der Waals surface area (Å²) in [4.78, 5) is 41.8. The minimum absolute atomic E-state index is 0.00319. The number of aryl methyl sites for hydroxylation is 1. The number of hydrogen-bond acceptors (Lipinski definition) is 4. The van der Waals surface area contributed by atoms with Crippen molar-refractivity contribution in [1.29, 1.82) is 0 Å². The monoisotopic (exact) mass is 602 g/mol. The van der Waals surface area contributed by atoms with Crippen molar-refractivity contribution in [2.24, 2.45) is 5.92 Å². The number of carbonyl (C=O) groups excluding carboxylic acids is 3. The third-order valence-corrected chi connectivity index (χ3v) is 8.90. The highest BCUT2D eigenvalue weighted by molar-refractivity contribution is 6.01. The first-order valence-electron chi connectivity index (χ1n) is 16.6. The molecule has 238 valence electrons. The quantitative estimate of drug-likeness (QED) is 0.175. The Morgan fingerprint density at radius 3 is 2.34 bits per heavy atom. The van der Waals surface area contributed by atoms with Gasteiger partial charge < -0.3 is 25.2 Å². The van der Waals surface area contributed by atoms with Crippen LogP contribution in [0.1, 0.15) is 94.1 Å². The molecule has 8 heteroatoms. The first-order chi connectivity index (χ1) is 21.4. The van der Waals surface area contributed by atoms with Crippen molar-refractivity contribution in [3.8, 4) is 0 Å². The number of aliphatic hydroxyl groups excluding tert-OH is 1. The number of nitrogens with one attached hydrogen (secondary N) is 2. The molecular formula is C36H50N4O4. The summed E-state index contributed by atoms with van der Waals surface area (Å²) in [5.74, 6) is -0.136. The van der Waals surface area contributed by atoms with Gasteiger partial charge in [0.05, 0.1) is 0 Å². The Hall–Kier alpha value is -3.65. The van der Waals surface area contributed by atoms with Crippen molar-refractivity contribution in [3.05, 3.63) is 65.9 Å². The number of amides is 3. The smallest absolute Gasteiger partial charge is 0.268 e. The fourth-order valence-corrected chi connectivity index (χ4v) is 6.30. The van der Waals surface area contributed by atoms with Gasteiger partial charge in [-0.25, -0.2) is 0 Å². The second kappa shape index (κ2) is 17.0. The van der Waals surface area contributed by atoms with E-state index < -0.39 is 0 Å². The minimum Gasteiger partial charge on any atom is -0.396 e. The highest BCUT2D eigenvalue weighted by atomic mass is 16.3. The molecule has 1 heterocycles. The van der Waals surface area contributed by atoms with Gasteiger partial charge in [-0.15, -0.1) is 0 Å². The van der Waals surface area contributed by atoms with E-state index in [1.807, 2.05) is 54.0 Å². The molecule has 0 aliphatic heterocycles. The molecule has 0 bridgehead atoms. The van der Waals surface area contributed by atoms with Crippen molar-refractivity contribution < 1.29 is 19.5 Å². The molecule has 2 aromatic carbocycles. The van der Waals surface area contributed by atoms with Crippen molar-refractivity contribution in [2.45, 2.75) is 97.1 Å². The number of rotatable bonds is 16. The van der Waals surface area contributed by atoms with Crippen LogP contribution in [0.5, 0.6) is 0 Å². The summed E-state index contributed by atoms with van der Waals surface area (Å²) >= 11 is 0. The van der Waals surface area contributed by atoms with Gasteiger partial charge in [0.2, 0.25) is 11.8 Å². The SMILES string of the molecule is CCc1cccc(N(CC)C(=O)Cn2c(C(=O)NC3CCC(C(=O)NCCCCCCCCO)CC3)cc3ccccc32)c1. The zero-order chi connectivity index (χ0) is 31.3. The number of carbonyl (C=O) groups is 3. The van der Waals surface area contributed by atoms with Gasteiger partial charge in [-0.05, 0) is 81.7 Å². The van der Waals surface area contributed by atoms with Gasteiger partial charge in [0, 0.05) is 48.2 Å². The Morgan fingerprint density at radius 2 is 1.61 bits per heavy atom. The lowest BCUT2D eigenvalue weighted by Crippen LogP contribution is -2.42. The molecule has 0 saturated heterocycles. The third kappa shape index (κ3) is 8.94. The number of nitrogens with zero attached hydrogens (tertiary/aromatic N) is 2. The van der Waals surface area contributed by atoms with E-state index in [1.165, 1.54) is 5.56 Å². The van der Waals surface area contributed by atoms with Crippen molar-refractivity contribution in [2.75, 3.05) is 24.6 Å². The molecule has 0 atom stereocenters. The highest BCUT2D eigenvalue weighted by Crippen LogP contribution is 2.26. The molecule has 1 fully saturated rings. The number of hydrogen-bond donors (Lipinski definition) is 3. The fourth-order valence-electron chi connectivity index (χ4n) is 6.30. The maximum atomic E-state index is 13.6. The van der Waals surface area contributed by atoms with Gasteiger partial charge in [-0.2, -0.15) is 0 Å². The molecule has 44 heavy (non-hydrogen) atoms. The molecule has 1 aromatic heterocycles. The van der Waals surface area contributed by atoms with E-state index in [-0.39, 0.29) is 42.8 Å². The van der Waals surface area contributed by atoms with Gasteiger partial charge in [0.25, 0.3) is 5.91 Å². The van der Waals surface area contributed by atoms with Gasteiger partial charge in [0.15, 0.2) is 0 Å². The van der Waals surface area contributed by atoms with Crippen LogP contribution < -0.4 is 15.5 Å². The van der Waals surface area contributed by atoms with E-state index in [2.05, 4.69) is 29.7 Å². The van der Waals surface area contributed by atoms with E-state index in [0.717, 1.165) is 87.2 Å². The lowest BCUT2D eigenvalue weighted by molar-refractivity contribution is -0.126. The van der Waals surface area contributed by atoms with E-state index in [4.69, 9.17) is 5.11 Å². The Balaban J connectivity index is 1.33. The summed E-state index contributed by atoms with van der Waals surface area (Å²) in [6, 6.07) is 17.7. The van der Waals surface area contributed by atoms with Crippen LogP contribution in [0.25, 0.3) is 10.9 Å². The Morgan fingerprint density at radius 1 is 0.886 bits per heavy atom. The summed E-state index contributed by atoms with van der Waals surface area (Å²) in [5.41, 5.74) is 3.38. The standard InChI is InChI=1S/C36H50N4O4/c1-3-27-14-13-16-31(24-27)39(4-2)34(42)26-40-32-17-10-9-15-29(32)25-33(40)36(44)38-30-20-18-28(19-21-30)35(43)37-22-11-7-5-6-8-12-23-41/h9-10,13-17,24-25,28,30,41H,3-8,11-12,18-23,26H2,1-2H3,(H,37,43)(H,38,44). The third-order valence-electron chi connectivity index (χ3n) is 8.90. The van der Waals surface area contributed by atoms with Gasteiger partial charge >= 0.3 is 0 Å². The van der Waals surface area contributed by atoms with Crippen molar-refractivity contribution in [3.63, 3.8) is 0 Å². The minimum atomic E-state index is -0.183. The summed E-state index contributed by atoms with van der Waals surface area (Å²) in [6.07, 6.45) is 10.2. The van der Waals surface area contributed by atoms with E-state index in [9.17, 15) is 14.4 Å². The molecule has 1 aliphatic rings. The molecule has 4 rings (SSSR count). The summed E-state index contributed by atoms with van der Waals surface area (Å²) in [6.45, 7) is 5.64. The number of unbranched alkanes of at least 4 members (excludes halogenated alkanes) is 5. The Bertz CT molecular complexity index is 1380. The van der Waals surface area contributed by atoms with Crippen LogP contribution in [0.15, 0.2) is 54.6 Å². The van der Waals surface area contributed by atoms with E-state index in [0.29, 0.717) is 18.8 Å². The molecule has 0 spiro atoms. The average Bonchev–Trinajstić information content (AvgIpc) is 3.41. The maximum absolute atomic E-state index is 13.6. The fraction of sp³-hybridized carbons (Fsp3) is 0.528. The Kier molecular flexibility index (Phi) is 12.8. The summed E-state index contributed by atoms with van der Waals surface area (Å²) in [5, 5.41) is 16.1. The number of benzene rings is 2. The van der Waals surface area contributed by atoms with Gasteiger partial charge in [-0.1, -0.05) is 62.9 Å². The van der Waals surface area contributed by atoms with Crippen molar-refractivity contribution >= 4 is 34.3 Å². The van der Waals surface area contributed by atoms with Gasteiger partial charge in [-0.3, -0.25) is 14.4 Å². The van der Waals surface area contributed by atoms with E-state index in [1.54, 1.807) is 4.90 Å². The van der Waals surface area contributed by atoms with Crippen LogP contribution in [0.3, 0.4) is 0 Å². The topological polar surface area (TPSA) is 104 Å². The van der Waals surface area contributed by atoms with Gasteiger partial charge in [0.1, 0.15) is 12.2 Å². The molecular weight excluding hydrogens is 552 g/mol. The largest absolute Gasteiger partial charge is 0.396 e. The van der Waals surface area contributed by atoms with Crippen LogP contribution in [-0.4, -0.2) is 53.1 Å². The predicted molar refractivity (Wildman–Crippen MR) is 177 cm³/mol. The summed E-state index contributed by atoms with van der Waals surface area (Å²) < 4.78 is 1.84. The molecule has 1 aliphatic carbocycles. The zero-order valence-corrected chi connectivity index (χ0v) is 26.5. The second-order valence-electron chi connectivity index (χ2n) is 12.0. The molecule has 1 saturated carbocycles. The first kappa shape index (κ1) is 33.2. The van der Waals surface area contributed by atoms with Crippen LogP contribution in [0, 0.1) is 5.92 Å². The molecule has 0 unspecified atom stereocenters. The average molecular weight is 603 g/mol. The number of fused-ring (bicyclic) bond motifs is 1. The molecule has 8 nitrogen and oxygen atoms in total. The van der Waals surface area contributed by atoms with Crippen LogP contribution >= 0.6 is 0 Å². The number of anilines is 1. The summed E-state index contributed by atoms with van der Waals surface area (Å²) in [7, 11) is 0. The van der Waals surface area contributed by atoms with Crippen LogP contribution in [-0.2, 0) is 22.6 Å². The number of likely N-dealkylation sites (N-methyl/N-ethyl adjacent to an activating group) is 1. The maximum Gasteiger partial charge on any atom is 0.268 e. The lowest BCUT2D eigenvalue weighted by atomic mass is 9.85. The second-order valence-corrected chi connectivity index (χ2v) is 12.0. The molecule has 3 N–H and O–H groups in total.